The third-order valence-electron chi connectivity index (χ3n) is 4.92. The molecule has 1 N–H and O–H groups in total. The van der Waals surface area contributed by atoms with Crippen LogP contribution in [-0.2, 0) is 16.1 Å². The van der Waals surface area contributed by atoms with Gasteiger partial charge in [0.05, 0.1) is 5.69 Å². The fraction of sp³-hybridized carbons (Fsp3) is 0.136. The monoisotopic (exact) mass is 389 g/mol. The van der Waals surface area contributed by atoms with E-state index in [4.69, 9.17) is 12.2 Å². The number of benzene rings is 2. The fourth-order valence-corrected chi connectivity index (χ4v) is 3.77. The van der Waals surface area contributed by atoms with Crippen molar-refractivity contribution >= 4 is 51.8 Å². The smallest absolute Gasteiger partial charge is 0.270 e. The predicted octanol–water partition coefficient (Wildman–Crippen LogP) is 3.80. The van der Waals surface area contributed by atoms with Crippen LogP contribution in [0.3, 0.4) is 0 Å². The molecule has 0 aliphatic carbocycles. The second kappa shape index (κ2) is 7.05. The first-order valence-electron chi connectivity index (χ1n) is 9.06. The lowest BCUT2D eigenvalue weighted by atomic mass is 10.1. The summed E-state index contributed by atoms with van der Waals surface area (Å²) in [5, 5.41) is 3.74. The average Bonchev–Trinajstić information content (AvgIpc) is 3.04. The Hall–Kier alpha value is -3.25. The number of fused-ring (bicyclic) bond motifs is 1. The van der Waals surface area contributed by atoms with Gasteiger partial charge in [-0.1, -0.05) is 36.4 Å². The summed E-state index contributed by atoms with van der Waals surface area (Å²) in [5.41, 5.74) is 3.52. The van der Waals surface area contributed by atoms with E-state index >= 15 is 0 Å². The Balaban J connectivity index is 1.83. The van der Waals surface area contributed by atoms with Gasteiger partial charge in [-0.2, -0.15) is 0 Å². The van der Waals surface area contributed by atoms with Crippen LogP contribution in [0.25, 0.3) is 17.0 Å². The highest BCUT2D eigenvalue weighted by atomic mass is 32.1. The van der Waals surface area contributed by atoms with E-state index in [1.807, 2.05) is 61.7 Å². The van der Waals surface area contributed by atoms with Crippen molar-refractivity contribution in [3.05, 3.63) is 71.4 Å². The highest BCUT2D eigenvalue weighted by Gasteiger charge is 2.35. The summed E-state index contributed by atoms with van der Waals surface area (Å²) in [7, 11) is 0. The molecular weight excluding hydrogens is 370 g/mol. The molecule has 1 aromatic heterocycles. The van der Waals surface area contributed by atoms with Gasteiger partial charge in [-0.05, 0) is 49.8 Å². The summed E-state index contributed by atoms with van der Waals surface area (Å²) in [6.45, 7) is 4.75. The van der Waals surface area contributed by atoms with Crippen LogP contribution in [0.15, 0.2) is 60.3 Å². The number of anilines is 1. The molecule has 0 saturated carbocycles. The lowest BCUT2D eigenvalue weighted by Gasteiger charge is -2.29. The molecule has 4 rings (SSSR count). The van der Waals surface area contributed by atoms with E-state index in [-0.39, 0.29) is 10.7 Å². The van der Waals surface area contributed by atoms with Crippen LogP contribution in [-0.4, -0.2) is 21.5 Å². The van der Waals surface area contributed by atoms with Crippen molar-refractivity contribution < 1.29 is 9.59 Å². The number of aromatic nitrogens is 1. The number of carbonyl (C=O) groups excluding carboxylic acids is 2. The molecule has 1 saturated heterocycles. The lowest BCUT2D eigenvalue weighted by Crippen LogP contribution is -2.54. The third kappa shape index (κ3) is 2.92. The molecule has 0 unspecified atom stereocenters. The van der Waals surface area contributed by atoms with Gasteiger partial charge in [-0.3, -0.25) is 19.8 Å². The third-order valence-corrected chi connectivity index (χ3v) is 5.20. The van der Waals surface area contributed by atoms with Crippen molar-refractivity contribution in [2.24, 2.45) is 0 Å². The molecule has 0 atom stereocenters. The highest BCUT2D eigenvalue weighted by molar-refractivity contribution is 7.80. The minimum atomic E-state index is -0.479. The summed E-state index contributed by atoms with van der Waals surface area (Å²) < 4.78 is 2.09. The Morgan fingerprint density at radius 2 is 1.79 bits per heavy atom. The molecule has 0 bridgehead atoms. The van der Waals surface area contributed by atoms with Crippen LogP contribution in [0.5, 0.6) is 0 Å². The minimum Gasteiger partial charge on any atom is -0.347 e. The SMILES string of the molecule is CCn1cc(C=C2C(=O)NC(=S)N(c3ccccc3C)C2=O)c2ccccc21. The van der Waals surface area contributed by atoms with E-state index in [0.29, 0.717) is 5.69 Å². The number of aryl methyl sites for hydroxylation is 2. The Labute approximate surface area is 168 Å². The van der Waals surface area contributed by atoms with Crippen molar-refractivity contribution in [2.75, 3.05) is 4.90 Å². The van der Waals surface area contributed by atoms with Crippen LogP contribution in [0.1, 0.15) is 18.1 Å². The zero-order chi connectivity index (χ0) is 19.8. The molecule has 1 fully saturated rings. The number of hydrogen-bond acceptors (Lipinski definition) is 3. The maximum atomic E-state index is 13.2. The zero-order valence-corrected chi connectivity index (χ0v) is 16.4. The van der Waals surface area contributed by atoms with Gasteiger partial charge < -0.3 is 4.57 Å². The number of nitrogens with zero attached hydrogens (tertiary/aromatic N) is 2. The van der Waals surface area contributed by atoms with Gasteiger partial charge >= 0.3 is 0 Å². The first kappa shape index (κ1) is 18.1. The zero-order valence-electron chi connectivity index (χ0n) is 15.6. The standard InChI is InChI=1S/C22H19N3O2S/c1-3-24-13-15(16-9-5-7-11-19(16)24)12-17-20(26)23-22(28)25(21(17)27)18-10-6-4-8-14(18)2/h4-13H,3H2,1-2H3,(H,23,26,28). The number of thiocarbonyl (C=S) groups is 1. The second-order valence-electron chi connectivity index (χ2n) is 6.63. The van der Waals surface area contributed by atoms with E-state index in [2.05, 4.69) is 16.8 Å². The molecule has 6 heteroatoms. The number of amides is 2. The maximum absolute atomic E-state index is 13.2. The van der Waals surface area contributed by atoms with Crippen LogP contribution in [0.2, 0.25) is 0 Å². The molecule has 28 heavy (non-hydrogen) atoms. The molecular formula is C22H19N3O2S. The number of carbonyl (C=O) groups is 2. The normalized spacial score (nSPS) is 16.1. The molecule has 2 heterocycles. The Morgan fingerprint density at radius 3 is 2.54 bits per heavy atom. The van der Waals surface area contributed by atoms with Crippen molar-refractivity contribution in [2.45, 2.75) is 20.4 Å². The summed E-state index contributed by atoms with van der Waals surface area (Å²) in [6.07, 6.45) is 3.61. The molecule has 1 aliphatic heterocycles. The molecule has 3 aromatic rings. The summed E-state index contributed by atoms with van der Waals surface area (Å²) in [4.78, 5) is 27.2. The Morgan fingerprint density at radius 1 is 1.07 bits per heavy atom. The first-order valence-corrected chi connectivity index (χ1v) is 9.47. The fourth-order valence-electron chi connectivity index (χ4n) is 3.50. The van der Waals surface area contributed by atoms with E-state index in [1.54, 1.807) is 6.08 Å². The summed E-state index contributed by atoms with van der Waals surface area (Å²) >= 11 is 5.28. The maximum Gasteiger partial charge on any atom is 0.270 e. The largest absolute Gasteiger partial charge is 0.347 e. The topological polar surface area (TPSA) is 54.3 Å². The van der Waals surface area contributed by atoms with Crippen LogP contribution in [0.4, 0.5) is 5.69 Å². The van der Waals surface area contributed by atoms with E-state index in [0.717, 1.165) is 28.6 Å². The molecule has 0 radical (unpaired) electrons. The van der Waals surface area contributed by atoms with Gasteiger partial charge in [-0.25, -0.2) is 0 Å². The van der Waals surface area contributed by atoms with Crippen molar-refractivity contribution in [3.63, 3.8) is 0 Å². The van der Waals surface area contributed by atoms with E-state index < -0.39 is 11.8 Å². The van der Waals surface area contributed by atoms with Gasteiger partial charge in [-0.15, -0.1) is 0 Å². The number of rotatable bonds is 3. The molecule has 140 valence electrons. The number of hydrogen-bond donors (Lipinski definition) is 1. The summed E-state index contributed by atoms with van der Waals surface area (Å²) in [6, 6.07) is 15.4. The average molecular weight is 389 g/mol. The van der Waals surface area contributed by atoms with Crippen LogP contribution in [0, 0.1) is 6.92 Å². The van der Waals surface area contributed by atoms with Crippen LogP contribution >= 0.6 is 12.2 Å². The van der Waals surface area contributed by atoms with Gasteiger partial charge in [0.1, 0.15) is 5.57 Å². The van der Waals surface area contributed by atoms with Gasteiger partial charge in [0.15, 0.2) is 5.11 Å². The first-order chi connectivity index (χ1) is 13.5. The van der Waals surface area contributed by atoms with Gasteiger partial charge in [0.25, 0.3) is 11.8 Å². The molecule has 2 amide bonds. The number of para-hydroxylation sites is 2. The molecule has 0 spiro atoms. The van der Waals surface area contributed by atoms with E-state index in [9.17, 15) is 9.59 Å². The van der Waals surface area contributed by atoms with Gasteiger partial charge in [0.2, 0.25) is 0 Å². The number of nitrogens with one attached hydrogen (secondary N) is 1. The predicted molar refractivity (Wildman–Crippen MR) is 115 cm³/mol. The van der Waals surface area contributed by atoms with E-state index in [1.165, 1.54) is 4.90 Å². The highest BCUT2D eigenvalue weighted by Crippen LogP contribution is 2.27. The quantitative estimate of drug-likeness (QED) is 0.421. The summed E-state index contributed by atoms with van der Waals surface area (Å²) in [5.74, 6) is -0.899. The van der Waals surface area contributed by atoms with Crippen LogP contribution < -0.4 is 10.2 Å². The van der Waals surface area contributed by atoms with Crippen molar-refractivity contribution in [3.8, 4) is 0 Å². The minimum absolute atomic E-state index is 0.0656. The van der Waals surface area contributed by atoms with Crippen molar-refractivity contribution in [1.82, 2.24) is 9.88 Å². The molecule has 5 nitrogen and oxygen atoms in total. The second-order valence-corrected chi connectivity index (χ2v) is 7.02. The lowest BCUT2D eigenvalue weighted by molar-refractivity contribution is -0.122. The van der Waals surface area contributed by atoms with Gasteiger partial charge in [0, 0.05) is 29.2 Å². The van der Waals surface area contributed by atoms with Crippen molar-refractivity contribution in [1.29, 1.82) is 0 Å². The molecule has 2 aromatic carbocycles. The Bertz CT molecular complexity index is 1160. The Kier molecular flexibility index (Phi) is 4.57. The molecule has 1 aliphatic rings.